The maximum Gasteiger partial charge on any atom is 0.214 e. The molecule has 0 aliphatic carbocycles. The summed E-state index contributed by atoms with van der Waals surface area (Å²) in [5.41, 5.74) is 1.90. The van der Waals surface area contributed by atoms with Crippen molar-refractivity contribution in [3.63, 3.8) is 0 Å². The summed E-state index contributed by atoms with van der Waals surface area (Å²) in [5.74, 6) is 0.274. The van der Waals surface area contributed by atoms with Gasteiger partial charge in [0, 0.05) is 12.5 Å². The number of halogens is 1. The highest BCUT2D eigenvalue weighted by Gasteiger charge is 2.07. The minimum atomic E-state index is -2.45. The van der Waals surface area contributed by atoms with Crippen LogP contribution in [0.15, 0.2) is 16.6 Å². The number of pyridine rings is 1. The summed E-state index contributed by atoms with van der Waals surface area (Å²) in [7, 11) is -2.45. The lowest BCUT2D eigenvalue weighted by molar-refractivity contribution is 0.680. The Hall–Kier alpha value is -0.680. The SMILES string of the molecule is Cc1cc(I)ncc1CS(C)(=O)=NC#N. The fraction of sp³-hybridized carbons (Fsp3) is 0.333. The van der Waals surface area contributed by atoms with Crippen LogP contribution >= 0.6 is 22.6 Å². The molecule has 1 unspecified atom stereocenters. The van der Waals surface area contributed by atoms with Crippen molar-refractivity contribution in [3.8, 4) is 6.19 Å². The molecule has 0 spiro atoms. The van der Waals surface area contributed by atoms with E-state index in [-0.39, 0.29) is 5.75 Å². The van der Waals surface area contributed by atoms with Crippen molar-refractivity contribution in [2.24, 2.45) is 4.36 Å². The molecule has 0 aliphatic heterocycles. The molecule has 1 aromatic rings. The molecule has 4 nitrogen and oxygen atoms in total. The lowest BCUT2D eigenvalue weighted by Crippen LogP contribution is -2.03. The lowest BCUT2D eigenvalue weighted by Gasteiger charge is -2.05. The number of aromatic nitrogens is 1. The fourth-order valence-electron chi connectivity index (χ4n) is 1.11. The first-order valence-electron chi connectivity index (χ1n) is 4.13. The van der Waals surface area contributed by atoms with Gasteiger partial charge in [0.2, 0.25) is 6.19 Å². The number of nitriles is 1. The Morgan fingerprint density at radius 2 is 2.40 bits per heavy atom. The number of hydrogen-bond acceptors (Lipinski definition) is 4. The van der Waals surface area contributed by atoms with Gasteiger partial charge >= 0.3 is 0 Å². The molecule has 6 heteroatoms. The average molecular weight is 335 g/mol. The Balaban J connectivity index is 3.07. The molecule has 1 aromatic heterocycles. The van der Waals surface area contributed by atoms with Crippen LogP contribution in [0.1, 0.15) is 11.1 Å². The quantitative estimate of drug-likeness (QED) is 0.472. The standard InChI is InChI=1S/C9H10IN3OS/c1-7-3-9(10)12-4-8(7)5-15(2,14)13-6-11/h3-4H,5H2,1-2H3. The average Bonchev–Trinajstić information content (AvgIpc) is 2.09. The summed E-state index contributed by atoms with van der Waals surface area (Å²) in [6, 6.07) is 1.91. The number of rotatable bonds is 2. The van der Waals surface area contributed by atoms with E-state index >= 15 is 0 Å². The van der Waals surface area contributed by atoms with Crippen LogP contribution in [0.5, 0.6) is 0 Å². The van der Waals surface area contributed by atoms with E-state index in [1.165, 1.54) is 6.26 Å². The number of hydrogen-bond donors (Lipinski definition) is 0. The monoisotopic (exact) mass is 335 g/mol. The molecule has 15 heavy (non-hydrogen) atoms. The zero-order valence-corrected chi connectivity index (χ0v) is 11.4. The van der Waals surface area contributed by atoms with Crippen molar-refractivity contribution < 1.29 is 4.21 Å². The molecule has 0 aromatic carbocycles. The molecule has 80 valence electrons. The van der Waals surface area contributed by atoms with Gasteiger partial charge in [-0.15, -0.1) is 4.36 Å². The highest BCUT2D eigenvalue weighted by molar-refractivity contribution is 14.1. The first kappa shape index (κ1) is 12.4. The molecule has 0 saturated carbocycles. The van der Waals surface area contributed by atoms with E-state index in [9.17, 15) is 4.21 Å². The van der Waals surface area contributed by atoms with E-state index in [1.807, 2.05) is 13.0 Å². The van der Waals surface area contributed by atoms with Crippen molar-refractivity contribution in [1.82, 2.24) is 4.98 Å². The van der Waals surface area contributed by atoms with Gasteiger partial charge in [0.1, 0.15) is 3.70 Å². The third kappa shape index (κ3) is 3.76. The molecule has 0 saturated heterocycles. The summed E-state index contributed by atoms with van der Waals surface area (Å²) in [6.45, 7) is 1.93. The van der Waals surface area contributed by atoms with Crippen molar-refractivity contribution in [2.75, 3.05) is 6.26 Å². The van der Waals surface area contributed by atoms with Gasteiger partial charge in [-0.25, -0.2) is 9.19 Å². The van der Waals surface area contributed by atoms with E-state index in [0.29, 0.717) is 0 Å². The van der Waals surface area contributed by atoms with Gasteiger partial charge in [-0.3, -0.25) is 0 Å². The minimum absolute atomic E-state index is 0.274. The van der Waals surface area contributed by atoms with Crippen LogP contribution in [0.2, 0.25) is 0 Å². The molecular formula is C9H10IN3OS. The normalized spacial score (nSPS) is 14.0. The van der Waals surface area contributed by atoms with Gasteiger partial charge < -0.3 is 0 Å². The second-order valence-corrected chi connectivity index (χ2v) is 6.72. The van der Waals surface area contributed by atoms with Crippen LogP contribution in [0.4, 0.5) is 0 Å². The van der Waals surface area contributed by atoms with Crippen LogP contribution in [-0.2, 0) is 15.5 Å². The topological polar surface area (TPSA) is 66.1 Å². The van der Waals surface area contributed by atoms with Crippen LogP contribution in [0.3, 0.4) is 0 Å². The Morgan fingerprint density at radius 1 is 1.73 bits per heavy atom. The zero-order chi connectivity index (χ0) is 11.5. The molecule has 1 heterocycles. The summed E-state index contributed by atoms with van der Waals surface area (Å²) in [4.78, 5) is 4.12. The van der Waals surface area contributed by atoms with Gasteiger partial charge in [0.05, 0.1) is 15.5 Å². The first-order valence-corrected chi connectivity index (χ1v) is 7.30. The van der Waals surface area contributed by atoms with E-state index in [2.05, 4.69) is 31.9 Å². The van der Waals surface area contributed by atoms with Crippen LogP contribution in [0, 0.1) is 22.1 Å². The summed E-state index contributed by atoms with van der Waals surface area (Å²) < 4.78 is 16.1. The predicted molar refractivity (Wildman–Crippen MR) is 67.5 cm³/mol. The van der Waals surface area contributed by atoms with Crippen LogP contribution < -0.4 is 0 Å². The summed E-state index contributed by atoms with van der Waals surface area (Å²) in [5, 5.41) is 8.38. The second-order valence-electron chi connectivity index (χ2n) is 3.23. The van der Waals surface area contributed by atoms with E-state index < -0.39 is 9.73 Å². The van der Waals surface area contributed by atoms with Crippen molar-refractivity contribution in [2.45, 2.75) is 12.7 Å². The highest BCUT2D eigenvalue weighted by Crippen LogP contribution is 2.13. The Labute approximate surface area is 103 Å². The van der Waals surface area contributed by atoms with Crippen molar-refractivity contribution >= 4 is 32.3 Å². The van der Waals surface area contributed by atoms with Gasteiger partial charge in [0.15, 0.2) is 0 Å². The predicted octanol–water partition coefficient (Wildman–Crippen LogP) is 2.07. The molecule has 0 aliphatic rings. The molecule has 0 fully saturated rings. The van der Waals surface area contributed by atoms with Crippen molar-refractivity contribution in [1.29, 1.82) is 5.26 Å². The molecule has 0 bridgehead atoms. The molecular weight excluding hydrogens is 325 g/mol. The molecule has 0 N–H and O–H groups in total. The summed E-state index contributed by atoms with van der Waals surface area (Å²) >= 11 is 2.12. The third-order valence-electron chi connectivity index (χ3n) is 1.84. The Bertz CT molecular complexity index is 527. The number of aryl methyl sites for hydroxylation is 1. The smallest absolute Gasteiger partial charge is 0.214 e. The van der Waals surface area contributed by atoms with Gasteiger partial charge in [0.25, 0.3) is 0 Å². The van der Waals surface area contributed by atoms with E-state index in [4.69, 9.17) is 5.26 Å². The zero-order valence-electron chi connectivity index (χ0n) is 8.40. The maximum absolute atomic E-state index is 11.8. The van der Waals surface area contributed by atoms with Gasteiger partial charge in [-0.2, -0.15) is 5.26 Å². The number of nitrogens with zero attached hydrogens (tertiary/aromatic N) is 3. The third-order valence-corrected chi connectivity index (χ3v) is 3.75. The molecule has 0 radical (unpaired) electrons. The lowest BCUT2D eigenvalue weighted by atomic mass is 10.2. The molecule has 0 amide bonds. The van der Waals surface area contributed by atoms with E-state index in [1.54, 1.807) is 12.4 Å². The van der Waals surface area contributed by atoms with Gasteiger partial charge in [-0.1, -0.05) is 0 Å². The summed E-state index contributed by atoms with van der Waals surface area (Å²) in [6.07, 6.45) is 4.75. The molecule has 1 rings (SSSR count). The van der Waals surface area contributed by atoms with Crippen molar-refractivity contribution in [3.05, 3.63) is 27.1 Å². The Morgan fingerprint density at radius 3 is 2.93 bits per heavy atom. The maximum atomic E-state index is 11.8. The minimum Gasteiger partial charge on any atom is -0.250 e. The highest BCUT2D eigenvalue weighted by atomic mass is 127. The van der Waals surface area contributed by atoms with Gasteiger partial charge in [-0.05, 0) is 46.7 Å². The fourth-order valence-corrected chi connectivity index (χ4v) is 2.83. The molecule has 1 atom stereocenters. The van der Waals surface area contributed by atoms with Crippen LogP contribution in [-0.4, -0.2) is 15.4 Å². The van der Waals surface area contributed by atoms with E-state index in [0.717, 1.165) is 14.8 Å². The largest absolute Gasteiger partial charge is 0.250 e. The van der Waals surface area contributed by atoms with Crippen LogP contribution in [0.25, 0.3) is 0 Å². The first-order chi connectivity index (χ1) is 6.94. The Kier molecular flexibility index (Phi) is 4.04. The second kappa shape index (κ2) is 4.90.